The van der Waals surface area contributed by atoms with Crippen molar-refractivity contribution in [3.05, 3.63) is 23.3 Å². The predicted octanol–water partition coefficient (Wildman–Crippen LogP) is 1.29. The third-order valence-corrected chi connectivity index (χ3v) is 5.56. The number of nitrogens with zero attached hydrogens (tertiary/aromatic N) is 2. The number of nitrogens with one attached hydrogen (secondary N) is 1. The number of carbonyl (C=O) groups excluding carboxylic acids is 2. The third kappa shape index (κ3) is 4.58. The summed E-state index contributed by atoms with van der Waals surface area (Å²) in [6.45, 7) is 2.83. The molecule has 2 aliphatic rings. The van der Waals surface area contributed by atoms with Gasteiger partial charge in [-0.25, -0.2) is 0 Å². The summed E-state index contributed by atoms with van der Waals surface area (Å²) >= 11 is 0. The summed E-state index contributed by atoms with van der Waals surface area (Å²) in [6.07, 6.45) is 2.36. The highest BCUT2D eigenvalue weighted by molar-refractivity contribution is 5.92. The minimum absolute atomic E-state index is 0.0147. The molecule has 0 radical (unpaired) electrons. The number of hydrogen-bond acceptors (Lipinski definition) is 5. The van der Waals surface area contributed by atoms with Crippen LogP contribution in [0.15, 0.2) is 12.1 Å². The Morgan fingerprint density at radius 3 is 2.46 bits per heavy atom. The van der Waals surface area contributed by atoms with Gasteiger partial charge in [-0.05, 0) is 63.2 Å². The molecule has 0 saturated heterocycles. The van der Waals surface area contributed by atoms with Crippen molar-refractivity contribution in [2.45, 2.75) is 25.8 Å². The summed E-state index contributed by atoms with van der Waals surface area (Å²) in [5.41, 5.74) is 2.27. The quantitative estimate of drug-likeness (QED) is 0.679. The Kier molecular flexibility index (Phi) is 6.44. The zero-order valence-corrected chi connectivity index (χ0v) is 17.3. The molecule has 2 unspecified atom stereocenters. The number of methoxy groups -OCH3 is 2. The van der Waals surface area contributed by atoms with Crippen LogP contribution in [-0.2, 0) is 22.6 Å². The van der Waals surface area contributed by atoms with Gasteiger partial charge in [-0.2, -0.15) is 0 Å². The molecule has 28 heavy (non-hydrogen) atoms. The van der Waals surface area contributed by atoms with Crippen molar-refractivity contribution in [3.8, 4) is 11.5 Å². The van der Waals surface area contributed by atoms with Crippen LogP contribution in [0.2, 0.25) is 0 Å². The number of carbonyl (C=O) groups is 2. The normalized spacial score (nSPS) is 20.5. The summed E-state index contributed by atoms with van der Waals surface area (Å²) in [7, 11) is 7.27. The first-order chi connectivity index (χ1) is 13.4. The van der Waals surface area contributed by atoms with Gasteiger partial charge in [0.05, 0.1) is 26.1 Å². The number of ether oxygens (including phenoxy) is 2. The molecule has 1 aliphatic carbocycles. The van der Waals surface area contributed by atoms with Gasteiger partial charge >= 0.3 is 0 Å². The second-order valence-electron chi connectivity index (χ2n) is 7.88. The average Bonchev–Trinajstić information content (AvgIpc) is 3.49. The summed E-state index contributed by atoms with van der Waals surface area (Å²) in [4.78, 5) is 29.1. The SMILES string of the molecule is COc1cc2c(cc1OC)CN(C(=O)C1CC1C(=O)NCCCN(C)C)CC2. The maximum absolute atomic E-state index is 12.9. The molecule has 0 bridgehead atoms. The molecule has 7 nitrogen and oxygen atoms in total. The van der Waals surface area contributed by atoms with Crippen LogP contribution in [0, 0.1) is 11.8 Å². The monoisotopic (exact) mass is 389 g/mol. The molecule has 0 aromatic heterocycles. The largest absolute Gasteiger partial charge is 0.493 e. The first-order valence-corrected chi connectivity index (χ1v) is 9.89. The van der Waals surface area contributed by atoms with Gasteiger partial charge < -0.3 is 24.6 Å². The van der Waals surface area contributed by atoms with Crippen molar-refractivity contribution >= 4 is 11.8 Å². The second kappa shape index (κ2) is 8.82. The fraction of sp³-hybridized carbons (Fsp3) is 0.619. The van der Waals surface area contributed by atoms with Crippen LogP contribution in [0.4, 0.5) is 0 Å². The molecule has 1 aliphatic heterocycles. The van der Waals surface area contributed by atoms with E-state index in [0.29, 0.717) is 37.6 Å². The Labute approximate surface area is 167 Å². The van der Waals surface area contributed by atoms with Crippen molar-refractivity contribution in [1.82, 2.24) is 15.1 Å². The zero-order chi connectivity index (χ0) is 20.3. The number of hydrogen-bond donors (Lipinski definition) is 1. The van der Waals surface area contributed by atoms with Crippen molar-refractivity contribution < 1.29 is 19.1 Å². The lowest BCUT2D eigenvalue weighted by Crippen LogP contribution is -2.38. The number of fused-ring (bicyclic) bond motifs is 1. The van der Waals surface area contributed by atoms with Crippen LogP contribution >= 0.6 is 0 Å². The molecular weight excluding hydrogens is 358 g/mol. The van der Waals surface area contributed by atoms with E-state index in [0.717, 1.165) is 24.9 Å². The molecule has 1 aromatic carbocycles. The lowest BCUT2D eigenvalue weighted by molar-refractivity contribution is -0.135. The first kappa shape index (κ1) is 20.5. The van der Waals surface area contributed by atoms with E-state index < -0.39 is 0 Å². The summed E-state index contributed by atoms with van der Waals surface area (Å²) < 4.78 is 10.7. The molecule has 1 N–H and O–H groups in total. The van der Waals surface area contributed by atoms with E-state index in [1.807, 2.05) is 31.1 Å². The molecule has 1 saturated carbocycles. The molecule has 2 atom stereocenters. The fourth-order valence-electron chi connectivity index (χ4n) is 3.80. The number of rotatable bonds is 8. The Balaban J connectivity index is 1.53. The molecule has 1 fully saturated rings. The maximum atomic E-state index is 12.9. The van der Waals surface area contributed by atoms with E-state index >= 15 is 0 Å². The predicted molar refractivity (Wildman–Crippen MR) is 106 cm³/mol. The van der Waals surface area contributed by atoms with E-state index in [1.54, 1.807) is 14.2 Å². The van der Waals surface area contributed by atoms with Crippen LogP contribution < -0.4 is 14.8 Å². The third-order valence-electron chi connectivity index (χ3n) is 5.56. The molecule has 2 amide bonds. The molecule has 0 spiro atoms. The molecule has 1 heterocycles. The summed E-state index contributed by atoms with van der Waals surface area (Å²) in [5, 5.41) is 2.96. The topological polar surface area (TPSA) is 71.1 Å². The lowest BCUT2D eigenvalue weighted by Gasteiger charge is -2.30. The highest BCUT2D eigenvalue weighted by Crippen LogP contribution is 2.41. The summed E-state index contributed by atoms with van der Waals surface area (Å²) in [6, 6.07) is 3.95. The van der Waals surface area contributed by atoms with Crippen molar-refractivity contribution in [2.24, 2.45) is 11.8 Å². The standard InChI is InChI=1S/C21H31N3O4/c1-23(2)8-5-7-22-20(25)16-12-17(16)21(26)24-9-6-14-10-18(27-3)19(28-4)11-15(14)13-24/h10-11,16-17H,5-9,12-13H2,1-4H3,(H,22,25). The van der Waals surface area contributed by atoms with Crippen LogP contribution in [0.3, 0.4) is 0 Å². The van der Waals surface area contributed by atoms with Gasteiger partial charge in [0.1, 0.15) is 0 Å². The minimum atomic E-state index is -0.171. The van der Waals surface area contributed by atoms with E-state index in [-0.39, 0.29) is 23.7 Å². The zero-order valence-electron chi connectivity index (χ0n) is 17.3. The van der Waals surface area contributed by atoms with Crippen molar-refractivity contribution in [3.63, 3.8) is 0 Å². The maximum Gasteiger partial charge on any atom is 0.226 e. The van der Waals surface area contributed by atoms with E-state index in [4.69, 9.17) is 9.47 Å². The Morgan fingerprint density at radius 1 is 1.14 bits per heavy atom. The van der Waals surface area contributed by atoms with Gasteiger partial charge in [0.2, 0.25) is 11.8 Å². The number of amides is 2. The van der Waals surface area contributed by atoms with Crippen LogP contribution in [0.5, 0.6) is 11.5 Å². The highest BCUT2D eigenvalue weighted by Gasteiger charge is 2.49. The minimum Gasteiger partial charge on any atom is -0.493 e. The molecule has 154 valence electrons. The van der Waals surface area contributed by atoms with E-state index in [9.17, 15) is 9.59 Å². The number of benzene rings is 1. The van der Waals surface area contributed by atoms with Crippen LogP contribution in [0.1, 0.15) is 24.0 Å². The van der Waals surface area contributed by atoms with E-state index in [1.165, 1.54) is 5.56 Å². The Bertz CT molecular complexity index is 735. The lowest BCUT2D eigenvalue weighted by atomic mass is 9.98. The van der Waals surface area contributed by atoms with Gasteiger partial charge in [-0.1, -0.05) is 0 Å². The summed E-state index contributed by atoms with van der Waals surface area (Å²) in [5.74, 6) is 1.16. The van der Waals surface area contributed by atoms with Gasteiger partial charge in [-0.15, -0.1) is 0 Å². The van der Waals surface area contributed by atoms with E-state index in [2.05, 4.69) is 10.2 Å². The van der Waals surface area contributed by atoms with Crippen molar-refractivity contribution in [2.75, 3.05) is 47.9 Å². The van der Waals surface area contributed by atoms with Gasteiger partial charge in [-0.3, -0.25) is 9.59 Å². The van der Waals surface area contributed by atoms with Gasteiger partial charge in [0.25, 0.3) is 0 Å². The molecule has 7 heteroatoms. The highest BCUT2D eigenvalue weighted by atomic mass is 16.5. The van der Waals surface area contributed by atoms with Crippen molar-refractivity contribution in [1.29, 1.82) is 0 Å². The molecular formula is C21H31N3O4. The molecule has 1 aromatic rings. The Morgan fingerprint density at radius 2 is 1.82 bits per heavy atom. The van der Waals surface area contributed by atoms with Crippen LogP contribution in [-0.4, -0.2) is 69.6 Å². The second-order valence-corrected chi connectivity index (χ2v) is 7.88. The first-order valence-electron chi connectivity index (χ1n) is 9.89. The fourth-order valence-corrected chi connectivity index (χ4v) is 3.80. The van der Waals surface area contributed by atoms with Gasteiger partial charge in [0, 0.05) is 19.6 Å². The molecule has 3 rings (SSSR count). The average molecular weight is 389 g/mol. The Hall–Kier alpha value is -2.28. The van der Waals surface area contributed by atoms with Gasteiger partial charge in [0.15, 0.2) is 11.5 Å². The van der Waals surface area contributed by atoms with Crippen LogP contribution in [0.25, 0.3) is 0 Å². The smallest absolute Gasteiger partial charge is 0.226 e.